The third-order valence-electron chi connectivity index (χ3n) is 3.33. The number of halogens is 3. The second-order valence-electron chi connectivity index (χ2n) is 4.61. The van der Waals surface area contributed by atoms with Gasteiger partial charge in [-0.15, -0.1) is 11.6 Å². The van der Waals surface area contributed by atoms with Gasteiger partial charge in [0.15, 0.2) is 0 Å². The van der Waals surface area contributed by atoms with Gasteiger partial charge in [0, 0.05) is 22.5 Å². The molecule has 0 aromatic heterocycles. The fraction of sp³-hybridized carbons (Fsp3) is 0.538. The van der Waals surface area contributed by atoms with Crippen molar-refractivity contribution in [2.24, 2.45) is 5.92 Å². The van der Waals surface area contributed by atoms with Gasteiger partial charge in [-0.05, 0) is 50.0 Å². The van der Waals surface area contributed by atoms with Crippen LogP contribution in [0.5, 0.6) is 0 Å². The molecule has 1 aliphatic rings. The van der Waals surface area contributed by atoms with E-state index in [4.69, 9.17) is 11.6 Å². The van der Waals surface area contributed by atoms with E-state index in [0.717, 1.165) is 41.8 Å². The van der Waals surface area contributed by atoms with Crippen molar-refractivity contribution in [1.82, 2.24) is 4.90 Å². The lowest BCUT2D eigenvalue weighted by Crippen LogP contribution is -2.33. The van der Waals surface area contributed by atoms with Crippen molar-refractivity contribution in [3.05, 3.63) is 34.1 Å². The summed E-state index contributed by atoms with van der Waals surface area (Å²) >= 11 is 9.23. The van der Waals surface area contributed by atoms with Crippen molar-refractivity contribution >= 4 is 27.5 Å². The maximum Gasteiger partial charge on any atom is 0.127 e. The van der Waals surface area contributed by atoms with E-state index >= 15 is 0 Å². The van der Waals surface area contributed by atoms with Gasteiger partial charge in [-0.25, -0.2) is 4.39 Å². The molecule has 0 amide bonds. The standard InChI is InChI=1S/C13H16BrClFN/c14-12-1-2-13(16)11(7-12)9-17-5-3-10(8-15)4-6-17/h1-2,7,10H,3-6,8-9H2. The Morgan fingerprint density at radius 3 is 2.71 bits per heavy atom. The minimum Gasteiger partial charge on any atom is -0.299 e. The van der Waals surface area contributed by atoms with Gasteiger partial charge in [0.25, 0.3) is 0 Å². The van der Waals surface area contributed by atoms with Crippen LogP contribution >= 0.6 is 27.5 Å². The zero-order valence-electron chi connectivity index (χ0n) is 9.63. The molecule has 4 heteroatoms. The van der Waals surface area contributed by atoms with Gasteiger partial charge in [-0.2, -0.15) is 0 Å². The van der Waals surface area contributed by atoms with Gasteiger partial charge in [-0.1, -0.05) is 15.9 Å². The van der Waals surface area contributed by atoms with Crippen LogP contribution in [0.15, 0.2) is 22.7 Å². The quantitative estimate of drug-likeness (QED) is 0.760. The Hall–Kier alpha value is -0.120. The van der Waals surface area contributed by atoms with E-state index in [0.29, 0.717) is 12.5 Å². The number of piperidine rings is 1. The van der Waals surface area contributed by atoms with Crippen LogP contribution in [0.1, 0.15) is 18.4 Å². The van der Waals surface area contributed by atoms with Crippen molar-refractivity contribution < 1.29 is 4.39 Å². The zero-order chi connectivity index (χ0) is 12.3. The van der Waals surface area contributed by atoms with E-state index in [-0.39, 0.29) is 5.82 Å². The molecule has 1 nitrogen and oxygen atoms in total. The van der Waals surface area contributed by atoms with Crippen molar-refractivity contribution in [1.29, 1.82) is 0 Å². The van der Waals surface area contributed by atoms with E-state index in [1.165, 1.54) is 6.07 Å². The second-order valence-corrected chi connectivity index (χ2v) is 5.83. The second kappa shape index (κ2) is 6.17. The van der Waals surface area contributed by atoms with E-state index < -0.39 is 0 Å². The summed E-state index contributed by atoms with van der Waals surface area (Å²) in [5, 5.41) is 0. The highest BCUT2D eigenvalue weighted by Crippen LogP contribution is 2.22. The Kier molecular flexibility index (Phi) is 4.83. The number of benzene rings is 1. The van der Waals surface area contributed by atoms with E-state index in [1.807, 2.05) is 6.07 Å². The summed E-state index contributed by atoms with van der Waals surface area (Å²) in [6.45, 7) is 2.73. The van der Waals surface area contributed by atoms with E-state index in [9.17, 15) is 4.39 Å². The fourth-order valence-corrected chi connectivity index (χ4v) is 2.92. The Balaban J connectivity index is 1.95. The number of alkyl halides is 1. The van der Waals surface area contributed by atoms with Crippen LogP contribution in [0.2, 0.25) is 0 Å². The molecule has 0 saturated carbocycles. The number of likely N-dealkylation sites (tertiary alicyclic amines) is 1. The highest BCUT2D eigenvalue weighted by Gasteiger charge is 2.19. The SMILES string of the molecule is Fc1ccc(Br)cc1CN1CCC(CCl)CC1. The molecule has 1 saturated heterocycles. The molecular formula is C13H16BrClFN. The summed E-state index contributed by atoms with van der Waals surface area (Å²) in [5.74, 6) is 1.27. The Bertz CT molecular complexity index is 378. The molecule has 0 radical (unpaired) electrons. The van der Waals surface area contributed by atoms with Crippen LogP contribution in [-0.4, -0.2) is 23.9 Å². The molecule has 2 rings (SSSR count). The van der Waals surface area contributed by atoms with Gasteiger partial charge >= 0.3 is 0 Å². The first-order chi connectivity index (χ1) is 8.19. The summed E-state index contributed by atoms with van der Waals surface area (Å²) in [6, 6.07) is 5.12. The molecule has 0 aliphatic carbocycles. The molecule has 0 N–H and O–H groups in total. The molecule has 94 valence electrons. The molecule has 0 unspecified atom stereocenters. The lowest BCUT2D eigenvalue weighted by molar-refractivity contribution is 0.184. The first kappa shape index (κ1) is 13.3. The molecule has 1 aromatic rings. The van der Waals surface area contributed by atoms with Crippen LogP contribution in [-0.2, 0) is 6.54 Å². The molecule has 0 bridgehead atoms. The van der Waals surface area contributed by atoms with Crippen LogP contribution in [0.25, 0.3) is 0 Å². The summed E-state index contributed by atoms with van der Waals surface area (Å²) in [7, 11) is 0. The molecule has 1 aliphatic heterocycles. The van der Waals surface area contributed by atoms with Gasteiger partial charge in [0.1, 0.15) is 5.82 Å². The minimum absolute atomic E-state index is 0.118. The molecule has 1 fully saturated rings. The van der Waals surface area contributed by atoms with Crippen molar-refractivity contribution in [3.63, 3.8) is 0 Å². The van der Waals surface area contributed by atoms with Crippen molar-refractivity contribution in [3.8, 4) is 0 Å². The summed E-state index contributed by atoms with van der Waals surface area (Å²) in [5.41, 5.74) is 0.767. The van der Waals surface area contributed by atoms with E-state index in [1.54, 1.807) is 6.07 Å². The first-order valence-electron chi connectivity index (χ1n) is 5.91. The lowest BCUT2D eigenvalue weighted by atomic mass is 9.98. The highest BCUT2D eigenvalue weighted by molar-refractivity contribution is 9.10. The predicted molar refractivity (Wildman–Crippen MR) is 72.8 cm³/mol. The minimum atomic E-state index is -0.118. The Morgan fingerprint density at radius 1 is 1.35 bits per heavy atom. The van der Waals surface area contributed by atoms with Gasteiger partial charge in [-0.3, -0.25) is 4.90 Å². The third kappa shape index (κ3) is 3.67. The largest absolute Gasteiger partial charge is 0.299 e. The average molecular weight is 321 g/mol. The molecule has 17 heavy (non-hydrogen) atoms. The maximum atomic E-state index is 13.6. The number of nitrogens with zero attached hydrogens (tertiary/aromatic N) is 1. The summed E-state index contributed by atoms with van der Waals surface area (Å²) in [4.78, 5) is 2.30. The normalized spacial score (nSPS) is 18.5. The van der Waals surface area contributed by atoms with Crippen LogP contribution < -0.4 is 0 Å². The smallest absolute Gasteiger partial charge is 0.127 e. The Labute approximate surface area is 115 Å². The number of hydrogen-bond donors (Lipinski definition) is 0. The molecule has 0 spiro atoms. The van der Waals surface area contributed by atoms with Crippen LogP contribution in [0.4, 0.5) is 4.39 Å². The maximum absolute atomic E-state index is 13.6. The first-order valence-corrected chi connectivity index (χ1v) is 7.24. The van der Waals surface area contributed by atoms with Crippen LogP contribution in [0, 0.1) is 11.7 Å². The summed E-state index contributed by atoms with van der Waals surface area (Å²) in [6.07, 6.45) is 2.25. The van der Waals surface area contributed by atoms with E-state index in [2.05, 4.69) is 20.8 Å². The topological polar surface area (TPSA) is 3.24 Å². The van der Waals surface area contributed by atoms with Gasteiger partial charge in [0.2, 0.25) is 0 Å². The van der Waals surface area contributed by atoms with Crippen molar-refractivity contribution in [2.75, 3.05) is 19.0 Å². The van der Waals surface area contributed by atoms with Gasteiger partial charge in [0.05, 0.1) is 0 Å². The van der Waals surface area contributed by atoms with Gasteiger partial charge < -0.3 is 0 Å². The fourth-order valence-electron chi connectivity index (χ4n) is 2.20. The monoisotopic (exact) mass is 319 g/mol. The molecule has 0 atom stereocenters. The average Bonchev–Trinajstić information content (AvgIpc) is 2.35. The molecule has 1 heterocycles. The van der Waals surface area contributed by atoms with Crippen molar-refractivity contribution in [2.45, 2.75) is 19.4 Å². The Morgan fingerprint density at radius 2 is 2.06 bits per heavy atom. The molecular weight excluding hydrogens is 305 g/mol. The number of rotatable bonds is 3. The summed E-state index contributed by atoms with van der Waals surface area (Å²) < 4.78 is 14.5. The zero-order valence-corrected chi connectivity index (χ0v) is 12.0. The lowest BCUT2D eigenvalue weighted by Gasteiger charge is -2.31. The van der Waals surface area contributed by atoms with Crippen LogP contribution in [0.3, 0.4) is 0 Å². The molecule has 1 aromatic carbocycles. The predicted octanol–water partition coefficient (Wildman–Crippen LogP) is 4.04. The third-order valence-corrected chi connectivity index (χ3v) is 4.26. The number of hydrogen-bond acceptors (Lipinski definition) is 1. The highest BCUT2D eigenvalue weighted by atomic mass is 79.9.